The Balaban J connectivity index is 1.71. The second-order valence-electron chi connectivity index (χ2n) is 9.39. The van der Waals surface area contributed by atoms with E-state index >= 15 is 0 Å². The molecule has 30 heavy (non-hydrogen) atoms. The van der Waals surface area contributed by atoms with Gasteiger partial charge in [-0.25, -0.2) is 9.79 Å². The summed E-state index contributed by atoms with van der Waals surface area (Å²) in [7, 11) is 0. The normalized spacial score (nSPS) is 21.0. The number of amides is 1. The molecule has 4 rings (SSSR count). The lowest BCUT2D eigenvalue weighted by molar-refractivity contribution is 0.0224. The molecule has 2 aliphatic heterocycles. The molecule has 1 fully saturated rings. The minimum absolute atomic E-state index is 0.242. The zero-order valence-corrected chi connectivity index (χ0v) is 18.1. The van der Waals surface area contributed by atoms with Crippen LogP contribution in [0.15, 0.2) is 28.2 Å². The number of carbonyl (C=O) groups is 1. The number of fused-ring (bicyclic) bond motifs is 1. The minimum Gasteiger partial charge on any atom is -0.444 e. The zero-order chi connectivity index (χ0) is 21.5. The fourth-order valence-electron chi connectivity index (χ4n) is 4.72. The number of benzene rings is 1. The minimum atomic E-state index is -0.529. The summed E-state index contributed by atoms with van der Waals surface area (Å²) in [6.45, 7) is 6.75. The molecular weight excluding hydrogens is 380 g/mol. The molecule has 0 aromatic heterocycles. The average molecular weight is 413 g/mol. The van der Waals surface area contributed by atoms with Gasteiger partial charge in [-0.2, -0.15) is 4.99 Å². The average Bonchev–Trinajstić information content (AvgIpc) is 2.66. The van der Waals surface area contributed by atoms with Crippen LogP contribution in [0, 0.1) is 0 Å². The summed E-state index contributed by atoms with van der Waals surface area (Å²) in [6, 6.07) is 6.21. The Bertz CT molecular complexity index is 895. The van der Waals surface area contributed by atoms with E-state index in [1.54, 1.807) is 4.90 Å². The Kier molecular flexibility index (Phi) is 5.11. The third kappa shape index (κ3) is 3.82. The molecule has 3 aliphatic rings. The first-order chi connectivity index (χ1) is 14.2. The van der Waals surface area contributed by atoms with E-state index in [1.165, 1.54) is 12.0 Å². The Labute approximate surface area is 178 Å². The highest BCUT2D eigenvalue weighted by atomic mass is 16.6. The fraction of sp³-hybridized carbons (Fsp3) is 0.591. The summed E-state index contributed by atoms with van der Waals surface area (Å²) in [4.78, 5) is 25.6. The van der Waals surface area contributed by atoms with Crippen molar-refractivity contribution in [1.29, 1.82) is 0 Å². The van der Waals surface area contributed by atoms with E-state index in [2.05, 4.69) is 16.0 Å². The molecule has 0 atom stereocenters. The molecule has 8 heteroatoms. The summed E-state index contributed by atoms with van der Waals surface area (Å²) in [5, 5.41) is 0. The lowest BCUT2D eigenvalue weighted by atomic mass is 9.86. The van der Waals surface area contributed by atoms with Gasteiger partial charge < -0.3 is 21.1 Å². The van der Waals surface area contributed by atoms with E-state index in [0.717, 1.165) is 43.4 Å². The largest absolute Gasteiger partial charge is 0.444 e. The van der Waals surface area contributed by atoms with Gasteiger partial charge in [-0.15, -0.1) is 0 Å². The first-order valence-electron chi connectivity index (χ1n) is 10.8. The molecule has 0 radical (unpaired) electrons. The highest BCUT2D eigenvalue weighted by molar-refractivity contribution is 6.06. The van der Waals surface area contributed by atoms with Crippen LogP contribution < -0.4 is 16.4 Å². The van der Waals surface area contributed by atoms with Crippen LogP contribution in [0.25, 0.3) is 0 Å². The number of ether oxygens (including phenoxy) is 1. The first kappa shape index (κ1) is 20.5. The first-order valence-corrected chi connectivity index (χ1v) is 10.8. The summed E-state index contributed by atoms with van der Waals surface area (Å²) in [5.41, 5.74) is 14.7. The van der Waals surface area contributed by atoms with Crippen LogP contribution in [0.4, 0.5) is 10.5 Å². The molecule has 1 aromatic carbocycles. The van der Waals surface area contributed by atoms with Crippen LogP contribution in [-0.4, -0.2) is 40.7 Å². The number of guanidine groups is 2. The number of nitrogens with two attached hydrogens (primary N) is 2. The summed E-state index contributed by atoms with van der Waals surface area (Å²) in [5.74, 6) is 0.609. The van der Waals surface area contributed by atoms with E-state index < -0.39 is 11.3 Å². The Morgan fingerprint density at radius 3 is 2.60 bits per heavy atom. The third-order valence-corrected chi connectivity index (χ3v) is 5.99. The SMILES string of the molecule is CC(C)(C)OC(=O)N1CCc2cccc(N3C(N)=NC(N)=NC34CCCCC4)c2C1. The van der Waals surface area contributed by atoms with Crippen LogP contribution in [0.2, 0.25) is 0 Å². The van der Waals surface area contributed by atoms with E-state index in [1.807, 2.05) is 32.9 Å². The van der Waals surface area contributed by atoms with Gasteiger partial charge in [0.15, 0.2) is 0 Å². The van der Waals surface area contributed by atoms with Crippen molar-refractivity contribution in [2.45, 2.75) is 77.1 Å². The second-order valence-corrected chi connectivity index (χ2v) is 9.39. The molecule has 4 N–H and O–H groups in total. The van der Waals surface area contributed by atoms with E-state index in [9.17, 15) is 4.79 Å². The van der Waals surface area contributed by atoms with Crippen LogP contribution in [0.1, 0.15) is 64.0 Å². The highest BCUT2D eigenvalue weighted by Gasteiger charge is 2.44. The Hall–Kier alpha value is -2.77. The third-order valence-electron chi connectivity index (χ3n) is 5.99. The molecule has 1 aliphatic carbocycles. The van der Waals surface area contributed by atoms with Crippen molar-refractivity contribution in [1.82, 2.24) is 4.90 Å². The van der Waals surface area contributed by atoms with Gasteiger partial charge in [0, 0.05) is 6.54 Å². The number of rotatable bonds is 1. The maximum absolute atomic E-state index is 12.7. The van der Waals surface area contributed by atoms with Gasteiger partial charge >= 0.3 is 6.09 Å². The topological polar surface area (TPSA) is 110 Å². The Morgan fingerprint density at radius 1 is 1.17 bits per heavy atom. The van der Waals surface area contributed by atoms with Gasteiger partial charge in [0.05, 0.1) is 12.2 Å². The highest BCUT2D eigenvalue weighted by Crippen LogP contribution is 2.42. The maximum Gasteiger partial charge on any atom is 0.410 e. The van der Waals surface area contributed by atoms with E-state index in [4.69, 9.17) is 21.2 Å². The van der Waals surface area contributed by atoms with Crippen LogP contribution in [0.3, 0.4) is 0 Å². The number of hydrogen-bond donors (Lipinski definition) is 2. The smallest absolute Gasteiger partial charge is 0.410 e. The number of nitrogens with zero attached hydrogens (tertiary/aromatic N) is 4. The van der Waals surface area contributed by atoms with Crippen molar-refractivity contribution in [3.05, 3.63) is 29.3 Å². The summed E-state index contributed by atoms with van der Waals surface area (Å²) in [6.07, 6.45) is 5.55. The van der Waals surface area contributed by atoms with Crippen molar-refractivity contribution in [2.75, 3.05) is 11.4 Å². The number of anilines is 1. The van der Waals surface area contributed by atoms with Crippen molar-refractivity contribution in [3.8, 4) is 0 Å². The van der Waals surface area contributed by atoms with E-state index in [-0.39, 0.29) is 12.1 Å². The van der Waals surface area contributed by atoms with Crippen LogP contribution in [0.5, 0.6) is 0 Å². The predicted octanol–water partition coefficient (Wildman–Crippen LogP) is 3.09. The lowest BCUT2D eigenvalue weighted by Crippen LogP contribution is -2.58. The van der Waals surface area contributed by atoms with Crippen LogP contribution in [-0.2, 0) is 17.7 Å². The van der Waals surface area contributed by atoms with Gasteiger partial charge in [0.25, 0.3) is 0 Å². The molecule has 1 amide bonds. The number of carbonyl (C=O) groups excluding carboxylic acids is 1. The van der Waals surface area contributed by atoms with E-state index in [0.29, 0.717) is 19.0 Å². The molecule has 1 aromatic rings. The fourth-order valence-corrected chi connectivity index (χ4v) is 4.72. The van der Waals surface area contributed by atoms with Crippen molar-refractivity contribution in [3.63, 3.8) is 0 Å². The van der Waals surface area contributed by atoms with Gasteiger partial charge in [0.1, 0.15) is 11.3 Å². The van der Waals surface area contributed by atoms with Gasteiger partial charge in [-0.1, -0.05) is 18.6 Å². The summed E-state index contributed by atoms with van der Waals surface area (Å²) >= 11 is 0. The van der Waals surface area contributed by atoms with Crippen molar-refractivity contribution < 1.29 is 9.53 Å². The molecule has 1 saturated carbocycles. The molecule has 8 nitrogen and oxygen atoms in total. The van der Waals surface area contributed by atoms with Crippen molar-refractivity contribution in [2.24, 2.45) is 21.5 Å². The monoisotopic (exact) mass is 412 g/mol. The van der Waals surface area contributed by atoms with Crippen molar-refractivity contribution >= 4 is 23.7 Å². The predicted molar refractivity (Wildman–Crippen MR) is 118 cm³/mol. The summed E-state index contributed by atoms with van der Waals surface area (Å²) < 4.78 is 5.61. The lowest BCUT2D eigenvalue weighted by Gasteiger charge is -2.47. The van der Waals surface area contributed by atoms with Gasteiger partial charge in [-0.3, -0.25) is 4.90 Å². The molecule has 2 heterocycles. The van der Waals surface area contributed by atoms with Gasteiger partial charge in [0.2, 0.25) is 11.9 Å². The zero-order valence-electron chi connectivity index (χ0n) is 18.1. The van der Waals surface area contributed by atoms with Gasteiger partial charge in [-0.05, 0) is 70.1 Å². The maximum atomic E-state index is 12.7. The molecule has 1 spiro atoms. The second kappa shape index (κ2) is 7.49. The molecular formula is C22H32N6O2. The molecule has 0 bridgehead atoms. The molecule has 162 valence electrons. The standard InChI is InChI=1S/C22H32N6O2/c1-21(2,3)30-20(29)27-13-10-15-8-7-9-17(16(15)14-27)28-19(24)25-18(23)26-22(28)11-5-4-6-12-22/h7-9H,4-6,10-14H2,1-3H3,(H4,23,24,25,26). The molecule has 0 unspecified atom stereocenters. The Morgan fingerprint density at radius 2 is 1.90 bits per heavy atom. The van der Waals surface area contributed by atoms with Crippen LogP contribution >= 0.6 is 0 Å². The molecule has 0 saturated heterocycles. The quantitative estimate of drug-likeness (QED) is 0.737. The number of aliphatic imine (C=N–C) groups is 2. The number of hydrogen-bond acceptors (Lipinski definition) is 7.